The number of nitrogens with zero attached hydrogens (tertiary/aromatic N) is 2. The number of likely N-dealkylation sites (N-methyl/N-ethyl adjacent to an activating group) is 1. The number of carbonyl (C=O) groups is 2. The molecule has 2 rings (SSSR count). The highest BCUT2D eigenvalue weighted by atomic mass is 16.5. The second kappa shape index (κ2) is 9.73. The first-order valence-corrected chi connectivity index (χ1v) is 9.91. The molecule has 1 amide bonds. The number of benzene rings is 1. The molecule has 0 fully saturated rings. The molecular formula is C22H32N2O4. The molecule has 1 atom stereocenters. The minimum Gasteiger partial charge on any atom is -0.503 e. The summed E-state index contributed by atoms with van der Waals surface area (Å²) in [5.41, 5.74) is 0.974. The fourth-order valence-electron chi connectivity index (χ4n) is 3.30. The second-order valence-corrected chi connectivity index (χ2v) is 7.91. The fraction of sp³-hybridized carbons (Fsp3) is 0.545. The van der Waals surface area contributed by atoms with Crippen LogP contribution in [0, 0.1) is 5.92 Å². The zero-order valence-electron chi connectivity index (χ0n) is 17.6. The Labute approximate surface area is 167 Å². The molecule has 1 heterocycles. The highest BCUT2D eigenvalue weighted by Gasteiger charge is 2.43. The summed E-state index contributed by atoms with van der Waals surface area (Å²) in [7, 11) is 3.85. The van der Waals surface area contributed by atoms with E-state index in [4.69, 9.17) is 4.74 Å². The van der Waals surface area contributed by atoms with Crippen LogP contribution in [0.3, 0.4) is 0 Å². The number of aliphatic hydroxyl groups excluding tert-OH is 1. The number of aliphatic hydroxyl groups is 1. The van der Waals surface area contributed by atoms with Crippen LogP contribution in [0.2, 0.25) is 0 Å². The molecule has 0 aliphatic carbocycles. The SMILES string of the molecule is CCCOc1cccc(C2C(C(=O)CC(C)C)=C(O)C(=O)N2CCN(C)C)c1. The largest absolute Gasteiger partial charge is 0.503 e. The second-order valence-electron chi connectivity index (χ2n) is 7.91. The minimum absolute atomic E-state index is 0.138. The lowest BCUT2D eigenvalue weighted by Gasteiger charge is -2.28. The molecule has 0 saturated heterocycles. The van der Waals surface area contributed by atoms with Crippen molar-refractivity contribution in [2.45, 2.75) is 39.7 Å². The lowest BCUT2D eigenvalue weighted by atomic mass is 9.92. The summed E-state index contributed by atoms with van der Waals surface area (Å²) >= 11 is 0. The number of hydrogen-bond donors (Lipinski definition) is 1. The Morgan fingerprint density at radius 1 is 1.32 bits per heavy atom. The lowest BCUT2D eigenvalue weighted by Crippen LogP contribution is -2.36. The fourth-order valence-corrected chi connectivity index (χ4v) is 3.30. The number of rotatable bonds is 10. The zero-order chi connectivity index (χ0) is 20.8. The van der Waals surface area contributed by atoms with Crippen molar-refractivity contribution in [3.05, 3.63) is 41.2 Å². The molecule has 1 aromatic rings. The smallest absolute Gasteiger partial charge is 0.290 e. The van der Waals surface area contributed by atoms with Gasteiger partial charge in [-0.05, 0) is 44.1 Å². The van der Waals surface area contributed by atoms with Crippen molar-refractivity contribution in [3.8, 4) is 5.75 Å². The maximum Gasteiger partial charge on any atom is 0.290 e. The summed E-state index contributed by atoms with van der Waals surface area (Å²) in [5.74, 6) is -0.258. The van der Waals surface area contributed by atoms with Gasteiger partial charge in [0, 0.05) is 19.5 Å². The third-order valence-corrected chi connectivity index (χ3v) is 4.63. The Kier molecular flexibility index (Phi) is 7.63. The van der Waals surface area contributed by atoms with E-state index < -0.39 is 17.7 Å². The molecule has 0 radical (unpaired) electrons. The molecule has 0 spiro atoms. The summed E-state index contributed by atoms with van der Waals surface area (Å²) in [5, 5.41) is 10.5. The molecular weight excluding hydrogens is 356 g/mol. The van der Waals surface area contributed by atoms with Gasteiger partial charge in [-0.15, -0.1) is 0 Å². The molecule has 6 heteroatoms. The van der Waals surface area contributed by atoms with Gasteiger partial charge >= 0.3 is 0 Å². The maximum atomic E-state index is 12.9. The Morgan fingerprint density at radius 3 is 2.64 bits per heavy atom. The van der Waals surface area contributed by atoms with Crippen LogP contribution >= 0.6 is 0 Å². The van der Waals surface area contributed by atoms with Crippen LogP contribution in [0.25, 0.3) is 0 Å². The third kappa shape index (κ3) is 5.13. The molecule has 6 nitrogen and oxygen atoms in total. The highest BCUT2D eigenvalue weighted by molar-refractivity contribution is 6.09. The van der Waals surface area contributed by atoms with Crippen molar-refractivity contribution in [2.75, 3.05) is 33.8 Å². The van der Waals surface area contributed by atoms with Gasteiger partial charge in [0.25, 0.3) is 5.91 Å². The monoisotopic (exact) mass is 388 g/mol. The molecule has 1 aliphatic heterocycles. The number of amides is 1. The molecule has 1 aliphatic rings. The molecule has 1 unspecified atom stereocenters. The topological polar surface area (TPSA) is 70.1 Å². The Morgan fingerprint density at radius 2 is 2.04 bits per heavy atom. The number of carbonyl (C=O) groups excluding carboxylic acids is 2. The lowest BCUT2D eigenvalue weighted by molar-refractivity contribution is -0.129. The Balaban J connectivity index is 2.44. The summed E-state index contributed by atoms with van der Waals surface area (Å²) in [4.78, 5) is 29.2. The van der Waals surface area contributed by atoms with Crippen LogP contribution in [-0.4, -0.2) is 60.4 Å². The minimum atomic E-state index is -0.594. The van der Waals surface area contributed by atoms with Crippen molar-refractivity contribution in [1.29, 1.82) is 0 Å². The van der Waals surface area contributed by atoms with Crippen LogP contribution < -0.4 is 4.74 Å². The first-order chi connectivity index (χ1) is 13.3. The molecule has 0 aromatic heterocycles. The number of hydrogen-bond acceptors (Lipinski definition) is 5. The predicted octanol–water partition coefficient (Wildman–Crippen LogP) is 3.35. The van der Waals surface area contributed by atoms with Crippen molar-refractivity contribution >= 4 is 11.7 Å². The molecule has 0 bridgehead atoms. The van der Waals surface area contributed by atoms with Crippen LogP contribution in [0.1, 0.15) is 45.2 Å². The van der Waals surface area contributed by atoms with Gasteiger partial charge in [0.15, 0.2) is 11.5 Å². The first-order valence-electron chi connectivity index (χ1n) is 9.91. The summed E-state index contributed by atoms with van der Waals surface area (Å²) in [6.45, 7) is 7.57. The van der Waals surface area contributed by atoms with E-state index >= 15 is 0 Å². The van der Waals surface area contributed by atoms with E-state index in [0.717, 1.165) is 12.0 Å². The van der Waals surface area contributed by atoms with Crippen molar-refractivity contribution in [2.24, 2.45) is 5.92 Å². The number of ether oxygens (including phenoxy) is 1. The van der Waals surface area contributed by atoms with Gasteiger partial charge in [-0.25, -0.2) is 0 Å². The van der Waals surface area contributed by atoms with Gasteiger partial charge < -0.3 is 19.6 Å². The van der Waals surface area contributed by atoms with Gasteiger partial charge in [-0.3, -0.25) is 9.59 Å². The molecule has 154 valence electrons. The average Bonchev–Trinajstić information content (AvgIpc) is 2.89. The van der Waals surface area contributed by atoms with Gasteiger partial charge in [0.05, 0.1) is 18.2 Å². The van der Waals surface area contributed by atoms with Gasteiger partial charge in [0.2, 0.25) is 0 Å². The normalized spacial score (nSPS) is 17.2. The van der Waals surface area contributed by atoms with Crippen LogP contribution in [-0.2, 0) is 9.59 Å². The zero-order valence-corrected chi connectivity index (χ0v) is 17.6. The number of Topliss-reactive ketones (excluding diaryl/α,β-unsaturated/α-hetero) is 1. The van der Waals surface area contributed by atoms with Gasteiger partial charge in [-0.1, -0.05) is 32.9 Å². The quantitative estimate of drug-likeness (QED) is 0.666. The van der Waals surface area contributed by atoms with E-state index in [0.29, 0.717) is 25.4 Å². The van der Waals surface area contributed by atoms with Crippen molar-refractivity contribution < 1.29 is 19.4 Å². The van der Waals surface area contributed by atoms with Gasteiger partial charge in [0.1, 0.15) is 5.75 Å². The molecule has 0 saturated carbocycles. The van der Waals surface area contributed by atoms with Crippen molar-refractivity contribution in [1.82, 2.24) is 9.80 Å². The van der Waals surface area contributed by atoms with E-state index in [-0.39, 0.29) is 23.7 Å². The first kappa shape index (κ1) is 22.0. The Hall–Kier alpha value is -2.34. The third-order valence-electron chi connectivity index (χ3n) is 4.63. The molecule has 1 N–H and O–H groups in total. The highest BCUT2D eigenvalue weighted by Crippen LogP contribution is 2.39. The van der Waals surface area contributed by atoms with Crippen LogP contribution in [0.5, 0.6) is 5.75 Å². The average molecular weight is 389 g/mol. The summed E-state index contributed by atoms with van der Waals surface area (Å²) < 4.78 is 5.73. The Bertz CT molecular complexity index is 740. The van der Waals surface area contributed by atoms with E-state index in [2.05, 4.69) is 0 Å². The number of ketones is 1. The maximum absolute atomic E-state index is 12.9. The van der Waals surface area contributed by atoms with Crippen LogP contribution in [0.15, 0.2) is 35.6 Å². The molecule has 1 aromatic carbocycles. The molecule has 28 heavy (non-hydrogen) atoms. The predicted molar refractivity (Wildman–Crippen MR) is 109 cm³/mol. The van der Waals surface area contributed by atoms with E-state index in [1.807, 2.05) is 64.0 Å². The van der Waals surface area contributed by atoms with Crippen LogP contribution in [0.4, 0.5) is 0 Å². The van der Waals surface area contributed by atoms with E-state index in [9.17, 15) is 14.7 Å². The van der Waals surface area contributed by atoms with Gasteiger partial charge in [-0.2, -0.15) is 0 Å². The van der Waals surface area contributed by atoms with Crippen molar-refractivity contribution in [3.63, 3.8) is 0 Å². The standard InChI is InChI=1S/C22H32N2O4/c1-6-12-28-17-9-7-8-16(14-17)20-19(18(25)13-15(2)3)21(26)22(27)24(20)11-10-23(4)5/h7-9,14-15,20,26H,6,10-13H2,1-5H3. The van der Waals surface area contributed by atoms with E-state index in [1.165, 1.54) is 0 Å². The summed E-state index contributed by atoms with van der Waals surface area (Å²) in [6.07, 6.45) is 1.18. The van der Waals surface area contributed by atoms with E-state index in [1.54, 1.807) is 4.90 Å². The summed E-state index contributed by atoms with van der Waals surface area (Å²) in [6, 6.07) is 6.86.